The average Bonchev–Trinajstić information content (AvgIpc) is 3.09. The molecule has 0 radical (unpaired) electrons. The van der Waals surface area contributed by atoms with E-state index in [4.69, 9.17) is 4.52 Å². The summed E-state index contributed by atoms with van der Waals surface area (Å²) in [4.78, 5) is 17.1. The molecule has 1 amide bonds. The molecule has 0 unspecified atom stereocenters. The molecule has 0 aliphatic rings. The van der Waals surface area contributed by atoms with Gasteiger partial charge < -0.3 is 9.84 Å². The van der Waals surface area contributed by atoms with Gasteiger partial charge in [-0.25, -0.2) is 0 Å². The number of carbonyl (C=O) groups is 1. The maximum absolute atomic E-state index is 12.6. The van der Waals surface area contributed by atoms with E-state index in [-0.39, 0.29) is 17.9 Å². The van der Waals surface area contributed by atoms with E-state index in [0.717, 1.165) is 16.7 Å². The molecule has 5 nitrogen and oxygen atoms in total. The monoisotopic (exact) mass is 349 g/mol. The number of rotatable bonds is 5. The number of nitrogens with zero attached hydrogens (tertiary/aromatic N) is 2. The molecule has 0 fully saturated rings. The Kier molecular flexibility index (Phi) is 5.16. The molecule has 3 aromatic rings. The molecule has 5 heteroatoms. The zero-order chi connectivity index (χ0) is 18.7. The summed E-state index contributed by atoms with van der Waals surface area (Å²) in [6.07, 6.45) is 0. The van der Waals surface area contributed by atoms with Crippen LogP contribution in [0.3, 0.4) is 0 Å². The smallest absolute Gasteiger partial charge is 0.251 e. The highest BCUT2D eigenvalue weighted by Gasteiger charge is 2.25. The van der Waals surface area contributed by atoms with Crippen LogP contribution in [-0.2, 0) is 0 Å². The first-order valence-corrected chi connectivity index (χ1v) is 8.72. The summed E-state index contributed by atoms with van der Waals surface area (Å²) in [7, 11) is 0. The summed E-state index contributed by atoms with van der Waals surface area (Å²) in [6, 6.07) is 15.0. The van der Waals surface area contributed by atoms with Crippen LogP contribution in [0.25, 0.3) is 11.4 Å². The summed E-state index contributed by atoms with van der Waals surface area (Å²) in [5.74, 6) is 0.894. The number of aryl methyl sites for hydroxylation is 2. The summed E-state index contributed by atoms with van der Waals surface area (Å²) >= 11 is 0. The maximum atomic E-state index is 12.6. The summed E-state index contributed by atoms with van der Waals surface area (Å²) in [6.45, 7) is 8.03. The van der Waals surface area contributed by atoms with Crippen LogP contribution in [0.5, 0.6) is 0 Å². The van der Waals surface area contributed by atoms with Crippen molar-refractivity contribution in [3.63, 3.8) is 0 Å². The summed E-state index contributed by atoms with van der Waals surface area (Å²) in [5, 5.41) is 7.09. The van der Waals surface area contributed by atoms with E-state index in [1.54, 1.807) is 0 Å². The first-order chi connectivity index (χ1) is 12.4. The van der Waals surface area contributed by atoms with Gasteiger partial charge in [0.05, 0.1) is 0 Å². The molecule has 2 aromatic carbocycles. The lowest BCUT2D eigenvalue weighted by Gasteiger charge is -2.18. The van der Waals surface area contributed by atoms with Gasteiger partial charge in [-0.1, -0.05) is 60.5 Å². The fourth-order valence-electron chi connectivity index (χ4n) is 2.71. The normalized spacial score (nSPS) is 12.2. The number of hydrogen-bond donors (Lipinski definition) is 1. The van der Waals surface area contributed by atoms with E-state index < -0.39 is 0 Å². The molecule has 3 rings (SSSR count). The molecular formula is C21H23N3O2. The molecule has 0 spiro atoms. The highest BCUT2D eigenvalue weighted by molar-refractivity contribution is 5.94. The molecule has 0 saturated heterocycles. The Morgan fingerprint density at radius 1 is 1.04 bits per heavy atom. The van der Waals surface area contributed by atoms with Crippen LogP contribution < -0.4 is 5.32 Å². The Labute approximate surface area is 153 Å². The first kappa shape index (κ1) is 17.9. The van der Waals surface area contributed by atoms with Gasteiger partial charge in [0, 0.05) is 11.1 Å². The maximum Gasteiger partial charge on any atom is 0.251 e. The van der Waals surface area contributed by atoms with E-state index in [2.05, 4.69) is 15.5 Å². The second-order valence-corrected chi connectivity index (χ2v) is 6.89. The van der Waals surface area contributed by atoms with Crippen molar-refractivity contribution in [3.05, 3.63) is 71.1 Å². The fraction of sp³-hybridized carbons (Fsp3) is 0.286. The van der Waals surface area contributed by atoms with Gasteiger partial charge in [0.15, 0.2) is 0 Å². The van der Waals surface area contributed by atoms with Gasteiger partial charge in [0.2, 0.25) is 11.7 Å². The van der Waals surface area contributed by atoms with E-state index in [9.17, 15) is 4.79 Å². The first-order valence-electron chi connectivity index (χ1n) is 8.72. The molecule has 0 bridgehead atoms. The van der Waals surface area contributed by atoms with Gasteiger partial charge >= 0.3 is 0 Å². The average molecular weight is 349 g/mol. The zero-order valence-electron chi connectivity index (χ0n) is 15.5. The zero-order valence-corrected chi connectivity index (χ0v) is 15.5. The molecule has 134 valence electrons. The Morgan fingerprint density at radius 3 is 2.42 bits per heavy atom. The molecule has 26 heavy (non-hydrogen) atoms. The molecule has 1 aromatic heterocycles. The Balaban J connectivity index is 1.82. The van der Waals surface area contributed by atoms with Crippen LogP contribution in [0.4, 0.5) is 0 Å². The van der Waals surface area contributed by atoms with Crippen molar-refractivity contribution < 1.29 is 9.32 Å². The minimum atomic E-state index is -0.352. The SMILES string of the molecule is Cc1ccc(C(=O)N[C@@H](c2nc(-c3cccc(C)c3)no2)C(C)C)cc1. The summed E-state index contributed by atoms with van der Waals surface area (Å²) < 4.78 is 5.46. The number of amides is 1. The van der Waals surface area contributed by atoms with Crippen molar-refractivity contribution in [3.8, 4) is 11.4 Å². The second kappa shape index (κ2) is 7.52. The fourth-order valence-corrected chi connectivity index (χ4v) is 2.71. The molecule has 0 saturated carbocycles. The van der Waals surface area contributed by atoms with Crippen LogP contribution >= 0.6 is 0 Å². The van der Waals surface area contributed by atoms with E-state index in [0.29, 0.717) is 17.3 Å². The third-order valence-electron chi connectivity index (χ3n) is 4.25. The third-order valence-corrected chi connectivity index (χ3v) is 4.25. The van der Waals surface area contributed by atoms with Gasteiger partial charge in [0.25, 0.3) is 5.91 Å². The van der Waals surface area contributed by atoms with Crippen LogP contribution in [0.2, 0.25) is 0 Å². The lowest BCUT2D eigenvalue weighted by Crippen LogP contribution is -2.32. The Morgan fingerprint density at radius 2 is 1.77 bits per heavy atom. The number of aromatic nitrogens is 2. The predicted octanol–water partition coefficient (Wildman–Crippen LogP) is 4.48. The van der Waals surface area contributed by atoms with E-state index >= 15 is 0 Å². The molecular weight excluding hydrogens is 326 g/mol. The minimum absolute atomic E-state index is 0.107. The Hall–Kier alpha value is -2.95. The van der Waals surface area contributed by atoms with E-state index in [1.807, 2.05) is 76.2 Å². The van der Waals surface area contributed by atoms with Crippen LogP contribution in [-0.4, -0.2) is 16.0 Å². The van der Waals surface area contributed by atoms with Crippen molar-refractivity contribution in [1.82, 2.24) is 15.5 Å². The lowest BCUT2D eigenvalue weighted by atomic mass is 10.0. The minimum Gasteiger partial charge on any atom is -0.340 e. The van der Waals surface area contributed by atoms with E-state index in [1.165, 1.54) is 0 Å². The molecule has 1 N–H and O–H groups in total. The molecule has 1 atom stereocenters. The Bertz CT molecular complexity index is 898. The molecule has 0 aliphatic heterocycles. The predicted molar refractivity (Wildman–Crippen MR) is 101 cm³/mol. The topological polar surface area (TPSA) is 68.0 Å². The van der Waals surface area contributed by atoms with Crippen molar-refractivity contribution in [2.45, 2.75) is 33.7 Å². The highest BCUT2D eigenvalue weighted by Crippen LogP contribution is 2.24. The molecule has 1 heterocycles. The number of benzene rings is 2. The quantitative estimate of drug-likeness (QED) is 0.737. The third kappa shape index (κ3) is 3.99. The number of hydrogen-bond acceptors (Lipinski definition) is 4. The van der Waals surface area contributed by atoms with Gasteiger partial charge in [0.1, 0.15) is 6.04 Å². The van der Waals surface area contributed by atoms with Crippen LogP contribution in [0.1, 0.15) is 47.3 Å². The van der Waals surface area contributed by atoms with Gasteiger partial charge in [-0.15, -0.1) is 0 Å². The van der Waals surface area contributed by atoms with Crippen molar-refractivity contribution in [2.75, 3.05) is 0 Å². The summed E-state index contributed by atoms with van der Waals surface area (Å²) in [5.41, 5.74) is 3.75. The van der Waals surface area contributed by atoms with Crippen molar-refractivity contribution in [2.24, 2.45) is 5.92 Å². The standard InChI is InChI=1S/C21H23N3O2/c1-13(2)18(22-20(25)16-10-8-14(3)9-11-16)21-23-19(24-26-21)17-7-5-6-15(4)12-17/h5-13,18H,1-4H3,(H,22,25)/t18-/m1/s1. The number of nitrogens with one attached hydrogen (secondary N) is 1. The van der Waals surface area contributed by atoms with Crippen molar-refractivity contribution in [1.29, 1.82) is 0 Å². The van der Waals surface area contributed by atoms with Crippen LogP contribution in [0, 0.1) is 19.8 Å². The lowest BCUT2D eigenvalue weighted by molar-refractivity contribution is 0.0914. The largest absolute Gasteiger partial charge is 0.340 e. The van der Waals surface area contributed by atoms with Crippen LogP contribution in [0.15, 0.2) is 53.1 Å². The van der Waals surface area contributed by atoms with Crippen molar-refractivity contribution >= 4 is 5.91 Å². The van der Waals surface area contributed by atoms with Gasteiger partial charge in [-0.2, -0.15) is 4.98 Å². The van der Waals surface area contributed by atoms with Gasteiger partial charge in [-0.3, -0.25) is 4.79 Å². The number of carbonyl (C=O) groups excluding carboxylic acids is 1. The molecule has 0 aliphatic carbocycles. The second-order valence-electron chi connectivity index (χ2n) is 6.89. The van der Waals surface area contributed by atoms with Gasteiger partial charge in [-0.05, 0) is 38.0 Å². The highest BCUT2D eigenvalue weighted by atomic mass is 16.5.